The molecule has 1 aromatic carbocycles. The second-order valence-electron chi connectivity index (χ2n) is 6.92. The summed E-state index contributed by atoms with van der Waals surface area (Å²) < 4.78 is 12.1. The van der Waals surface area contributed by atoms with Gasteiger partial charge in [-0.2, -0.15) is 0 Å². The summed E-state index contributed by atoms with van der Waals surface area (Å²) in [4.78, 5) is 29.1. The number of piperidine rings is 1. The first-order valence-electron chi connectivity index (χ1n) is 9.28. The third-order valence-corrected chi connectivity index (χ3v) is 5.36. The number of likely N-dealkylation sites (tertiary alicyclic amines) is 1. The lowest BCUT2D eigenvalue weighted by atomic mass is 9.94. The summed E-state index contributed by atoms with van der Waals surface area (Å²) in [5, 5.41) is 8.85. The van der Waals surface area contributed by atoms with E-state index in [4.69, 9.17) is 14.3 Å². The van der Waals surface area contributed by atoms with Gasteiger partial charge in [0.1, 0.15) is 5.76 Å². The highest BCUT2D eigenvalue weighted by Crippen LogP contribution is 2.25. The van der Waals surface area contributed by atoms with Crippen molar-refractivity contribution in [1.82, 2.24) is 9.88 Å². The number of nitrogens with zero attached hydrogens (tertiary/aromatic N) is 2. The number of aromatic nitrogens is 1. The zero-order chi connectivity index (χ0) is 20.1. The molecule has 1 aliphatic heterocycles. The smallest absolute Gasteiger partial charge is 0.409 e. The van der Waals surface area contributed by atoms with Crippen molar-refractivity contribution < 1.29 is 23.8 Å². The van der Waals surface area contributed by atoms with Crippen LogP contribution in [0.15, 0.2) is 33.2 Å². The first-order chi connectivity index (χ1) is 13.4. The van der Waals surface area contributed by atoms with Gasteiger partial charge in [0, 0.05) is 36.0 Å². The summed E-state index contributed by atoms with van der Waals surface area (Å²) >= 11 is 3.44. The molecule has 0 radical (unpaired) electrons. The molecule has 0 spiro atoms. The standard InChI is InChI=1S/C20H23BrN2O5/c1-13-17(22-19(28-13)15-3-2-4-16(21)12-15)7-10-27-20(26)23-8-5-14(6-9-23)11-18(24)25/h2-4,12,14H,5-11H2,1H3,(H,24,25). The molecule has 1 aliphatic rings. The number of rotatable bonds is 6. The SMILES string of the molecule is Cc1oc(-c2cccc(Br)c2)nc1CCOC(=O)N1CCC(CC(=O)O)CC1. The van der Waals surface area contributed by atoms with E-state index in [9.17, 15) is 9.59 Å². The highest BCUT2D eigenvalue weighted by molar-refractivity contribution is 9.10. The van der Waals surface area contributed by atoms with Crippen LogP contribution in [0.4, 0.5) is 4.79 Å². The summed E-state index contributed by atoms with van der Waals surface area (Å²) in [6, 6.07) is 7.71. The van der Waals surface area contributed by atoms with Crippen molar-refractivity contribution in [2.24, 2.45) is 5.92 Å². The van der Waals surface area contributed by atoms with E-state index in [0.717, 1.165) is 15.7 Å². The average molecular weight is 451 g/mol. The van der Waals surface area contributed by atoms with Gasteiger partial charge in [-0.1, -0.05) is 22.0 Å². The van der Waals surface area contributed by atoms with E-state index in [0.29, 0.717) is 44.0 Å². The molecule has 0 atom stereocenters. The molecule has 1 saturated heterocycles. The molecule has 0 saturated carbocycles. The van der Waals surface area contributed by atoms with Crippen LogP contribution in [0, 0.1) is 12.8 Å². The number of amides is 1. The maximum Gasteiger partial charge on any atom is 0.409 e. The van der Waals surface area contributed by atoms with Gasteiger partial charge in [-0.25, -0.2) is 9.78 Å². The number of oxazole rings is 1. The molecule has 7 nitrogen and oxygen atoms in total. The second-order valence-corrected chi connectivity index (χ2v) is 7.84. The molecule has 1 aromatic heterocycles. The Balaban J connectivity index is 1.48. The Kier molecular flexibility index (Phi) is 6.72. The maximum atomic E-state index is 12.2. The van der Waals surface area contributed by atoms with Gasteiger partial charge in [0.25, 0.3) is 0 Å². The number of benzene rings is 1. The molecule has 1 fully saturated rings. The molecule has 3 rings (SSSR count). The minimum atomic E-state index is -0.786. The van der Waals surface area contributed by atoms with Gasteiger partial charge in [0.05, 0.1) is 12.3 Å². The number of ether oxygens (including phenoxy) is 1. The molecule has 2 heterocycles. The van der Waals surface area contributed by atoms with Crippen LogP contribution in [0.5, 0.6) is 0 Å². The Morgan fingerprint density at radius 3 is 2.79 bits per heavy atom. The van der Waals surface area contributed by atoms with Gasteiger partial charge in [-0.05, 0) is 43.9 Å². The fraction of sp³-hybridized carbons (Fsp3) is 0.450. The van der Waals surface area contributed by atoms with Crippen molar-refractivity contribution in [2.75, 3.05) is 19.7 Å². The topological polar surface area (TPSA) is 92.9 Å². The Morgan fingerprint density at radius 1 is 1.36 bits per heavy atom. The van der Waals surface area contributed by atoms with Gasteiger partial charge in [-0.3, -0.25) is 4.79 Å². The molecule has 0 bridgehead atoms. The molecule has 2 aromatic rings. The largest absolute Gasteiger partial charge is 0.481 e. The number of aliphatic carboxylic acids is 1. The van der Waals surface area contributed by atoms with E-state index < -0.39 is 5.97 Å². The van der Waals surface area contributed by atoms with Crippen LogP contribution in [0.2, 0.25) is 0 Å². The first-order valence-corrected chi connectivity index (χ1v) is 10.1. The van der Waals surface area contributed by atoms with Gasteiger partial charge in [0.15, 0.2) is 0 Å². The summed E-state index contributed by atoms with van der Waals surface area (Å²) in [7, 11) is 0. The number of hydrogen-bond donors (Lipinski definition) is 1. The van der Waals surface area contributed by atoms with E-state index in [-0.39, 0.29) is 25.0 Å². The van der Waals surface area contributed by atoms with Crippen LogP contribution in [0.25, 0.3) is 11.5 Å². The molecule has 28 heavy (non-hydrogen) atoms. The Bertz CT molecular complexity index is 843. The lowest BCUT2D eigenvalue weighted by Gasteiger charge is -2.30. The van der Waals surface area contributed by atoms with Crippen LogP contribution in [0.1, 0.15) is 30.7 Å². The molecule has 8 heteroatoms. The minimum absolute atomic E-state index is 0.135. The summed E-state index contributed by atoms with van der Waals surface area (Å²) in [5.74, 6) is 0.600. The summed E-state index contributed by atoms with van der Waals surface area (Å²) in [6.07, 6.45) is 1.67. The number of carbonyl (C=O) groups is 2. The van der Waals surface area contributed by atoms with Crippen LogP contribution >= 0.6 is 15.9 Å². The molecular weight excluding hydrogens is 428 g/mol. The van der Waals surface area contributed by atoms with Crippen LogP contribution < -0.4 is 0 Å². The molecule has 1 amide bonds. The van der Waals surface area contributed by atoms with Crippen molar-refractivity contribution in [3.63, 3.8) is 0 Å². The third-order valence-electron chi connectivity index (χ3n) is 4.86. The van der Waals surface area contributed by atoms with Crippen LogP contribution in [-0.4, -0.2) is 46.7 Å². The predicted octanol–water partition coefficient (Wildman–Crippen LogP) is 4.28. The number of aryl methyl sites for hydroxylation is 1. The van der Waals surface area contributed by atoms with E-state index >= 15 is 0 Å². The number of carbonyl (C=O) groups excluding carboxylic acids is 1. The summed E-state index contributed by atoms with van der Waals surface area (Å²) in [6.45, 7) is 3.14. The highest BCUT2D eigenvalue weighted by atomic mass is 79.9. The van der Waals surface area contributed by atoms with Crippen molar-refractivity contribution in [3.05, 3.63) is 40.2 Å². The fourth-order valence-electron chi connectivity index (χ4n) is 3.30. The van der Waals surface area contributed by atoms with Gasteiger partial charge >= 0.3 is 12.1 Å². The summed E-state index contributed by atoms with van der Waals surface area (Å²) in [5.41, 5.74) is 1.65. The Hall–Kier alpha value is -2.35. The molecule has 150 valence electrons. The third kappa shape index (κ3) is 5.34. The highest BCUT2D eigenvalue weighted by Gasteiger charge is 2.25. The second kappa shape index (κ2) is 9.23. The van der Waals surface area contributed by atoms with Crippen molar-refractivity contribution in [2.45, 2.75) is 32.6 Å². The normalized spacial score (nSPS) is 14.9. The predicted molar refractivity (Wildman–Crippen MR) is 106 cm³/mol. The molecule has 0 aliphatic carbocycles. The van der Waals surface area contributed by atoms with Gasteiger partial charge < -0.3 is 19.2 Å². The van der Waals surface area contributed by atoms with E-state index in [1.807, 2.05) is 31.2 Å². The van der Waals surface area contributed by atoms with E-state index in [2.05, 4.69) is 20.9 Å². The Labute approximate surface area is 171 Å². The van der Waals surface area contributed by atoms with Crippen LogP contribution in [-0.2, 0) is 16.0 Å². The first kappa shape index (κ1) is 20.4. The quantitative estimate of drug-likeness (QED) is 0.705. The number of carboxylic acid groups (broad SMARTS) is 1. The van der Waals surface area contributed by atoms with Crippen molar-refractivity contribution in [1.29, 1.82) is 0 Å². The molecular formula is C20H23BrN2O5. The number of carboxylic acids is 1. The minimum Gasteiger partial charge on any atom is -0.481 e. The maximum absolute atomic E-state index is 12.2. The van der Waals surface area contributed by atoms with E-state index in [1.54, 1.807) is 4.90 Å². The average Bonchev–Trinajstić information content (AvgIpc) is 3.02. The van der Waals surface area contributed by atoms with Crippen molar-refractivity contribution in [3.8, 4) is 11.5 Å². The van der Waals surface area contributed by atoms with Gasteiger partial charge in [0.2, 0.25) is 5.89 Å². The zero-order valence-corrected chi connectivity index (χ0v) is 17.3. The Morgan fingerprint density at radius 2 is 2.11 bits per heavy atom. The van der Waals surface area contributed by atoms with Gasteiger partial charge in [-0.15, -0.1) is 0 Å². The van der Waals surface area contributed by atoms with Crippen LogP contribution in [0.3, 0.4) is 0 Å². The molecule has 0 unspecified atom stereocenters. The molecule has 1 N–H and O–H groups in total. The van der Waals surface area contributed by atoms with E-state index in [1.165, 1.54) is 0 Å². The monoisotopic (exact) mass is 450 g/mol. The van der Waals surface area contributed by atoms with Crippen molar-refractivity contribution >= 4 is 28.0 Å². The number of hydrogen-bond acceptors (Lipinski definition) is 5. The fourth-order valence-corrected chi connectivity index (χ4v) is 3.70. The zero-order valence-electron chi connectivity index (χ0n) is 15.7. The lowest BCUT2D eigenvalue weighted by molar-refractivity contribution is -0.138. The number of halogens is 1. The lowest BCUT2D eigenvalue weighted by Crippen LogP contribution is -2.39.